The SMILES string of the molecule is CC(CNC1CC1)CN(C)CCC#N. The molecule has 1 aliphatic rings. The molecule has 3 nitrogen and oxygen atoms in total. The zero-order chi connectivity index (χ0) is 10.4. The van der Waals surface area contributed by atoms with Crippen LogP contribution >= 0.6 is 0 Å². The maximum atomic E-state index is 8.44. The summed E-state index contributed by atoms with van der Waals surface area (Å²) in [7, 11) is 2.09. The molecule has 3 heteroatoms. The van der Waals surface area contributed by atoms with E-state index in [0.29, 0.717) is 12.3 Å². The van der Waals surface area contributed by atoms with Gasteiger partial charge in [-0.3, -0.25) is 0 Å². The minimum absolute atomic E-state index is 0.638. The molecule has 0 aromatic heterocycles. The molecule has 1 unspecified atom stereocenters. The Balaban J connectivity index is 1.99. The molecule has 0 aliphatic heterocycles. The zero-order valence-corrected chi connectivity index (χ0v) is 9.29. The molecule has 80 valence electrons. The molecule has 0 aromatic rings. The van der Waals surface area contributed by atoms with Gasteiger partial charge in [0.1, 0.15) is 0 Å². The van der Waals surface area contributed by atoms with Gasteiger partial charge in [0.05, 0.1) is 6.07 Å². The predicted molar refractivity (Wildman–Crippen MR) is 57.9 cm³/mol. The highest BCUT2D eigenvalue weighted by molar-refractivity contribution is 4.81. The van der Waals surface area contributed by atoms with E-state index < -0.39 is 0 Å². The van der Waals surface area contributed by atoms with E-state index in [1.807, 2.05) is 0 Å². The summed E-state index contributed by atoms with van der Waals surface area (Å²) in [5, 5.41) is 12.0. The lowest BCUT2D eigenvalue weighted by Gasteiger charge is -2.20. The van der Waals surface area contributed by atoms with Crippen molar-refractivity contribution in [2.75, 3.05) is 26.7 Å². The van der Waals surface area contributed by atoms with Crippen LogP contribution in [0.2, 0.25) is 0 Å². The number of nitriles is 1. The van der Waals surface area contributed by atoms with E-state index in [4.69, 9.17) is 5.26 Å². The molecule has 0 heterocycles. The van der Waals surface area contributed by atoms with Crippen molar-refractivity contribution in [1.29, 1.82) is 5.26 Å². The molecule has 0 bridgehead atoms. The van der Waals surface area contributed by atoms with E-state index in [1.54, 1.807) is 0 Å². The third kappa shape index (κ3) is 5.21. The van der Waals surface area contributed by atoms with Crippen molar-refractivity contribution in [3.63, 3.8) is 0 Å². The molecule has 1 atom stereocenters. The normalized spacial score (nSPS) is 18.1. The van der Waals surface area contributed by atoms with E-state index >= 15 is 0 Å². The lowest BCUT2D eigenvalue weighted by molar-refractivity contribution is 0.286. The van der Waals surface area contributed by atoms with Gasteiger partial charge in [0.25, 0.3) is 0 Å². The van der Waals surface area contributed by atoms with Crippen LogP contribution < -0.4 is 5.32 Å². The van der Waals surface area contributed by atoms with Crippen LogP contribution in [-0.4, -0.2) is 37.6 Å². The topological polar surface area (TPSA) is 39.1 Å². The second-order valence-electron chi connectivity index (χ2n) is 4.46. The average Bonchev–Trinajstić information content (AvgIpc) is 2.95. The van der Waals surface area contributed by atoms with Crippen molar-refractivity contribution in [3.05, 3.63) is 0 Å². The lowest BCUT2D eigenvalue weighted by Crippen LogP contribution is -2.32. The number of nitrogens with one attached hydrogen (secondary N) is 1. The van der Waals surface area contributed by atoms with Crippen molar-refractivity contribution in [3.8, 4) is 6.07 Å². The molecular formula is C11H21N3. The third-order valence-electron chi connectivity index (χ3n) is 2.56. The Bertz CT molecular complexity index is 193. The summed E-state index contributed by atoms with van der Waals surface area (Å²) in [6.07, 6.45) is 3.35. The summed E-state index contributed by atoms with van der Waals surface area (Å²) in [4.78, 5) is 2.24. The van der Waals surface area contributed by atoms with Crippen molar-refractivity contribution < 1.29 is 0 Å². The summed E-state index contributed by atoms with van der Waals surface area (Å²) >= 11 is 0. The van der Waals surface area contributed by atoms with Crippen LogP contribution in [0.4, 0.5) is 0 Å². The quantitative estimate of drug-likeness (QED) is 0.664. The highest BCUT2D eigenvalue weighted by Crippen LogP contribution is 2.18. The van der Waals surface area contributed by atoms with Crippen LogP contribution in [0.15, 0.2) is 0 Å². The zero-order valence-electron chi connectivity index (χ0n) is 9.29. The van der Waals surface area contributed by atoms with Crippen LogP contribution in [0.3, 0.4) is 0 Å². The Kier molecular flexibility index (Phi) is 4.92. The van der Waals surface area contributed by atoms with Gasteiger partial charge in [-0.25, -0.2) is 0 Å². The number of hydrogen-bond acceptors (Lipinski definition) is 3. The molecule has 0 amide bonds. The summed E-state index contributed by atoms with van der Waals surface area (Å²) in [6, 6.07) is 2.98. The van der Waals surface area contributed by atoms with Crippen LogP contribution in [0, 0.1) is 17.2 Å². The molecule has 0 saturated heterocycles. The fourth-order valence-corrected chi connectivity index (χ4v) is 1.58. The summed E-state index contributed by atoms with van der Waals surface area (Å²) in [6.45, 7) is 5.35. The monoisotopic (exact) mass is 195 g/mol. The molecule has 1 fully saturated rings. The highest BCUT2D eigenvalue weighted by Gasteiger charge is 2.20. The molecule has 1 aliphatic carbocycles. The smallest absolute Gasteiger partial charge is 0.0635 e. The summed E-state index contributed by atoms with van der Waals surface area (Å²) in [5.74, 6) is 0.680. The van der Waals surface area contributed by atoms with E-state index in [1.165, 1.54) is 12.8 Å². The molecule has 14 heavy (non-hydrogen) atoms. The Labute approximate surface area is 87.1 Å². The summed E-state index contributed by atoms with van der Waals surface area (Å²) < 4.78 is 0. The largest absolute Gasteiger partial charge is 0.314 e. The first-order valence-electron chi connectivity index (χ1n) is 5.51. The standard InChI is InChI=1S/C11H21N3/c1-10(8-13-11-4-5-11)9-14(2)7-3-6-12/h10-11,13H,3-5,7-9H2,1-2H3. The molecule has 1 saturated carbocycles. The number of nitrogens with zero attached hydrogens (tertiary/aromatic N) is 2. The third-order valence-corrected chi connectivity index (χ3v) is 2.56. The number of rotatable bonds is 7. The molecular weight excluding hydrogens is 174 g/mol. The molecule has 1 N–H and O–H groups in total. The van der Waals surface area contributed by atoms with Gasteiger partial charge >= 0.3 is 0 Å². The van der Waals surface area contributed by atoms with Crippen molar-refractivity contribution in [2.24, 2.45) is 5.92 Å². The Morgan fingerprint density at radius 1 is 1.57 bits per heavy atom. The average molecular weight is 195 g/mol. The Morgan fingerprint density at radius 3 is 2.86 bits per heavy atom. The van der Waals surface area contributed by atoms with Crippen molar-refractivity contribution in [1.82, 2.24) is 10.2 Å². The van der Waals surface area contributed by atoms with Crippen LogP contribution in [0.1, 0.15) is 26.2 Å². The Hall–Kier alpha value is -0.590. The van der Waals surface area contributed by atoms with Crippen LogP contribution in [0.25, 0.3) is 0 Å². The second kappa shape index (κ2) is 6.00. The van der Waals surface area contributed by atoms with Gasteiger partial charge in [-0.2, -0.15) is 5.26 Å². The van der Waals surface area contributed by atoms with Gasteiger partial charge in [-0.1, -0.05) is 6.92 Å². The maximum Gasteiger partial charge on any atom is 0.0635 e. The minimum Gasteiger partial charge on any atom is -0.314 e. The lowest BCUT2D eigenvalue weighted by atomic mass is 10.1. The van der Waals surface area contributed by atoms with Gasteiger partial charge < -0.3 is 10.2 Å². The first-order chi connectivity index (χ1) is 6.72. The van der Waals surface area contributed by atoms with Gasteiger partial charge in [0.2, 0.25) is 0 Å². The highest BCUT2D eigenvalue weighted by atomic mass is 15.1. The predicted octanol–water partition coefficient (Wildman–Crippen LogP) is 1.22. The van der Waals surface area contributed by atoms with E-state index in [2.05, 4.69) is 30.3 Å². The fraction of sp³-hybridized carbons (Fsp3) is 0.909. The van der Waals surface area contributed by atoms with Crippen LogP contribution in [0.5, 0.6) is 0 Å². The Morgan fingerprint density at radius 2 is 2.29 bits per heavy atom. The molecule has 0 radical (unpaired) electrons. The van der Waals surface area contributed by atoms with Gasteiger partial charge in [-0.05, 0) is 32.4 Å². The molecule has 0 spiro atoms. The van der Waals surface area contributed by atoms with Gasteiger partial charge in [0.15, 0.2) is 0 Å². The first-order valence-corrected chi connectivity index (χ1v) is 5.51. The first kappa shape index (κ1) is 11.5. The second-order valence-corrected chi connectivity index (χ2v) is 4.46. The van der Waals surface area contributed by atoms with E-state index in [0.717, 1.165) is 25.7 Å². The van der Waals surface area contributed by atoms with Gasteiger partial charge in [0, 0.05) is 25.6 Å². The summed E-state index contributed by atoms with van der Waals surface area (Å²) in [5.41, 5.74) is 0. The van der Waals surface area contributed by atoms with Crippen LogP contribution in [-0.2, 0) is 0 Å². The van der Waals surface area contributed by atoms with Crippen molar-refractivity contribution in [2.45, 2.75) is 32.2 Å². The van der Waals surface area contributed by atoms with Crippen molar-refractivity contribution >= 4 is 0 Å². The minimum atomic E-state index is 0.638. The maximum absolute atomic E-state index is 8.44. The van der Waals surface area contributed by atoms with E-state index in [9.17, 15) is 0 Å². The molecule has 1 rings (SSSR count). The molecule has 0 aromatic carbocycles. The van der Waals surface area contributed by atoms with E-state index in [-0.39, 0.29) is 0 Å². The number of hydrogen-bond donors (Lipinski definition) is 1. The van der Waals surface area contributed by atoms with Gasteiger partial charge in [-0.15, -0.1) is 0 Å². The fourth-order valence-electron chi connectivity index (χ4n) is 1.58.